The van der Waals surface area contributed by atoms with Gasteiger partial charge in [-0.05, 0) is 45.2 Å². The molecule has 2 aromatic carbocycles. The Labute approximate surface area is 182 Å². The third-order valence-electron chi connectivity index (χ3n) is 4.55. The van der Waals surface area contributed by atoms with Gasteiger partial charge in [0.1, 0.15) is 5.60 Å². The molecule has 0 saturated heterocycles. The average Bonchev–Trinajstić information content (AvgIpc) is 2.66. The minimum Gasteiger partial charge on any atom is -0.465 e. The van der Waals surface area contributed by atoms with Gasteiger partial charge in [-0.1, -0.05) is 54.6 Å². The monoisotopic (exact) mass is 426 g/mol. The first-order chi connectivity index (χ1) is 14.5. The van der Waals surface area contributed by atoms with Crippen LogP contribution in [0.1, 0.15) is 61.6 Å². The molecule has 2 aromatic rings. The van der Waals surface area contributed by atoms with Crippen molar-refractivity contribution in [2.24, 2.45) is 0 Å². The highest BCUT2D eigenvalue weighted by atomic mass is 16.6. The standard InChI is InChI=1S/C24H30N2O5/c1-16(25-23(30)31-24(2,3)4)18-10-12-19(13-11-18)21(27)15-20(26-22(28)29)14-17-8-6-5-7-9-17/h5-13,16,20,26H,14-15H2,1-4H3,(H,25,30)(H,28,29)/t16-,20?/m0/s1. The van der Waals surface area contributed by atoms with Crippen molar-refractivity contribution in [2.45, 2.75) is 58.2 Å². The lowest BCUT2D eigenvalue weighted by Crippen LogP contribution is -2.37. The number of ketones is 1. The van der Waals surface area contributed by atoms with Crippen molar-refractivity contribution in [3.8, 4) is 0 Å². The molecule has 3 N–H and O–H groups in total. The predicted octanol–water partition coefficient (Wildman–Crippen LogP) is 4.72. The third-order valence-corrected chi connectivity index (χ3v) is 4.55. The van der Waals surface area contributed by atoms with Crippen molar-refractivity contribution in [3.05, 3.63) is 71.3 Å². The number of hydrogen-bond donors (Lipinski definition) is 3. The molecule has 7 heteroatoms. The molecule has 0 spiro atoms. The van der Waals surface area contributed by atoms with Gasteiger partial charge < -0.3 is 20.5 Å². The molecule has 7 nitrogen and oxygen atoms in total. The van der Waals surface area contributed by atoms with Crippen LogP contribution in [0.4, 0.5) is 9.59 Å². The molecule has 0 aliphatic rings. The summed E-state index contributed by atoms with van der Waals surface area (Å²) in [5.74, 6) is -0.158. The second-order valence-electron chi connectivity index (χ2n) is 8.45. The van der Waals surface area contributed by atoms with Crippen LogP contribution in [0, 0.1) is 0 Å². The highest BCUT2D eigenvalue weighted by Gasteiger charge is 2.20. The van der Waals surface area contributed by atoms with Crippen LogP contribution in [-0.2, 0) is 11.2 Å². The van der Waals surface area contributed by atoms with Gasteiger partial charge in [-0.25, -0.2) is 9.59 Å². The second kappa shape index (κ2) is 10.6. The van der Waals surface area contributed by atoms with Crippen molar-refractivity contribution >= 4 is 18.0 Å². The Balaban J connectivity index is 2.00. The first-order valence-electron chi connectivity index (χ1n) is 10.2. The molecule has 1 unspecified atom stereocenters. The number of carboxylic acid groups (broad SMARTS) is 1. The summed E-state index contributed by atoms with van der Waals surface area (Å²) < 4.78 is 5.26. The summed E-state index contributed by atoms with van der Waals surface area (Å²) in [6.45, 7) is 7.21. The van der Waals surface area contributed by atoms with Gasteiger partial charge in [-0.2, -0.15) is 0 Å². The van der Waals surface area contributed by atoms with Crippen LogP contribution in [0.15, 0.2) is 54.6 Å². The van der Waals surface area contributed by atoms with Gasteiger partial charge in [0.05, 0.1) is 6.04 Å². The molecule has 0 radical (unpaired) electrons. The first-order valence-corrected chi connectivity index (χ1v) is 10.2. The Morgan fingerprint density at radius 1 is 0.968 bits per heavy atom. The van der Waals surface area contributed by atoms with Crippen LogP contribution < -0.4 is 10.6 Å². The molecule has 0 saturated carbocycles. The maximum atomic E-state index is 12.7. The van der Waals surface area contributed by atoms with Gasteiger partial charge in [0.2, 0.25) is 0 Å². The Bertz CT molecular complexity index is 888. The highest BCUT2D eigenvalue weighted by Crippen LogP contribution is 2.17. The first kappa shape index (κ1) is 23.9. The molecule has 0 fully saturated rings. The van der Waals surface area contributed by atoms with E-state index in [9.17, 15) is 14.4 Å². The smallest absolute Gasteiger partial charge is 0.408 e. The molecule has 166 valence electrons. The van der Waals surface area contributed by atoms with E-state index in [-0.39, 0.29) is 18.2 Å². The molecule has 0 aliphatic heterocycles. The fraction of sp³-hybridized carbons (Fsp3) is 0.375. The number of alkyl carbamates (subject to hydrolysis) is 1. The number of Topliss-reactive ketones (excluding diaryl/α,β-unsaturated/α-hetero) is 1. The molecule has 0 bridgehead atoms. The van der Waals surface area contributed by atoms with Crippen molar-refractivity contribution in [1.29, 1.82) is 0 Å². The van der Waals surface area contributed by atoms with E-state index < -0.39 is 23.8 Å². The lowest BCUT2D eigenvalue weighted by Gasteiger charge is -2.22. The topological polar surface area (TPSA) is 105 Å². The van der Waals surface area contributed by atoms with E-state index in [1.165, 1.54) is 0 Å². The van der Waals surface area contributed by atoms with Crippen molar-refractivity contribution in [2.75, 3.05) is 0 Å². The highest BCUT2D eigenvalue weighted by molar-refractivity contribution is 5.96. The molecular formula is C24H30N2O5. The van der Waals surface area contributed by atoms with Crippen LogP contribution >= 0.6 is 0 Å². The van der Waals surface area contributed by atoms with Crippen molar-refractivity contribution in [3.63, 3.8) is 0 Å². The molecule has 2 atom stereocenters. The summed E-state index contributed by atoms with van der Waals surface area (Å²) in [6, 6.07) is 15.5. The molecule has 0 aromatic heterocycles. The zero-order valence-electron chi connectivity index (χ0n) is 18.3. The summed E-state index contributed by atoms with van der Waals surface area (Å²) in [5, 5.41) is 14.3. The number of carbonyl (C=O) groups excluding carboxylic acids is 2. The minimum absolute atomic E-state index is 0.0479. The average molecular weight is 427 g/mol. The quantitative estimate of drug-likeness (QED) is 0.530. The summed E-state index contributed by atoms with van der Waals surface area (Å²) in [4.78, 5) is 35.8. The van der Waals surface area contributed by atoms with Crippen LogP contribution in [0.3, 0.4) is 0 Å². The third kappa shape index (κ3) is 8.50. The van der Waals surface area contributed by atoms with Gasteiger partial charge in [0.15, 0.2) is 5.78 Å². The number of benzene rings is 2. The Kier molecular flexibility index (Phi) is 8.19. The fourth-order valence-corrected chi connectivity index (χ4v) is 3.11. The summed E-state index contributed by atoms with van der Waals surface area (Å²) >= 11 is 0. The van der Waals surface area contributed by atoms with Crippen molar-refractivity contribution < 1.29 is 24.2 Å². The molecule has 31 heavy (non-hydrogen) atoms. The van der Waals surface area contributed by atoms with Gasteiger partial charge in [0, 0.05) is 18.0 Å². The number of ether oxygens (including phenoxy) is 1. The number of hydrogen-bond acceptors (Lipinski definition) is 4. The lowest BCUT2D eigenvalue weighted by atomic mass is 9.97. The second-order valence-corrected chi connectivity index (χ2v) is 8.45. The normalized spacial score (nSPS) is 13.0. The van der Waals surface area contributed by atoms with Crippen LogP contribution in [0.25, 0.3) is 0 Å². The van der Waals surface area contributed by atoms with E-state index in [4.69, 9.17) is 9.84 Å². The molecular weight excluding hydrogens is 396 g/mol. The SMILES string of the molecule is C[C@H](NC(=O)OC(C)(C)C)c1ccc(C(=O)CC(Cc2ccccc2)NC(=O)O)cc1. The van der Waals surface area contributed by atoms with Crippen molar-refractivity contribution in [1.82, 2.24) is 10.6 Å². The van der Waals surface area contributed by atoms with Gasteiger partial charge >= 0.3 is 12.2 Å². The Morgan fingerprint density at radius 2 is 1.58 bits per heavy atom. The Hall–Kier alpha value is -3.35. The fourth-order valence-electron chi connectivity index (χ4n) is 3.11. The molecule has 2 rings (SSSR count). The van der Waals surface area contributed by atoms with E-state index in [1.807, 2.05) is 37.3 Å². The molecule has 0 heterocycles. The number of rotatable bonds is 8. The molecule has 0 aliphatic carbocycles. The van der Waals surface area contributed by atoms with E-state index in [1.54, 1.807) is 45.0 Å². The van der Waals surface area contributed by atoms with Gasteiger partial charge in [-0.3, -0.25) is 4.79 Å². The summed E-state index contributed by atoms with van der Waals surface area (Å²) in [6.07, 6.45) is -1.20. The zero-order valence-corrected chi connectivity index (χ0v) is 18.3. The van der Waals surface area contributed by atoms with Gasteiger partial charge in [0.25, 0.3) is 0 Å². The lowest BCUT2D eigenvalue weighted by molar-refractivity contribution is 0.0507. The maximum Gasteiger partial charge on any atom is 0.408 e. The zero-order chi connectivity index (χ0) is 23.0. The number of nitrogens with one attached hydrogen (secondary N) is 2. The van der Waals surface area contributed by atoms with E-state index in [0.29, 0.717) is 12.0 Å². The van der Waals surface area contributed by atoms with Gasteiger partial charge in [-0.15, -0.1) is 0 Å². The van der Waals surface area contributed by atoms with Crippen LogP contribution in [0.5, 0.6) is 0 Å². The predicted molar refractivity (Wildman–Crippen MR) is 118 cm³/mol. The van der Waals surface area contributed by atoms with E-state index in [0.717, 1.165) is 11.1 Å². The van der Waals surface area contributed by atoms with E-state index in [2.05, 4.69) is 10.6 Å². The number of carbonyl (C=O) groups is 3. The molecule has 2 amide bonds. The summed E-state index contributed by atoms with van der Waals surface area (Å²) in [5.41, 5.74) is 1.68. The van der Waals surface area contributed by atoms with Crippen LogP contribution in [-0.4, -0.2) is 34.7 Å². The largest absolute Gasteiger partial charge is 0.465 e. The van der Waals surface area contributed by atoms with E-state index >= 15 is 0 Å². The Morgan fingerprint density at radius 3 is 2.13 bits per heavy atom. The van der Waals surface area contributed by atoms with Crippen LogP contribution in [0.2, 0.25) is 0 Å². The maximum absolute atomic E-state index is 12.7. The summed E-state index contributed by atoms with van der Waals surface area (Å²) in [7, 11) is 0. The number of amides is 2. The minimum atomic E-state index is -1.16.